The van der Waals surface area contributed by atoms with Gasteiger partial charge in [-0.15, -0.1) is 0 Å². The Morgan fingerprint density at radius 3 is 2.44 bits per heavy atom. The molecule has 0 aromatic heterocycles. The average molecular weight is 239 g/mol. The van der Waals surface area contributed by atoms with E-state index in [-0.39, 0.29) is 0 Å². The number of hydrogen-bond acceptors (Lipinski definition) is 1. The molecule has 16 heavy (non-hydrogen) atoms. The van der Waals surface area contributed by atoms with Crippen molar-refractivity contribution < 1.29 is 5.11 Å². The monoisotopic (exact) mass is 238 g/mol. The molecule has 2 rings (SSSR count). The van der Waals surface area contributed by atoms with E-state index in [4.69, 9.17) is 11.6 Å². The molecule has 0 aliphatic heterocycles. The molecule has 1 saturated carbocycles. The fourth-order valence-electron chi connectivity index (χ4n) is 2.43. The summed E-state index contributed by atoms with van der Waals surface area (Å²) in [7, 11) is 0. The van der Waals surface area contributed by atoms with Crippen LogP contribution in [0.1, 0.15) is 38.2 Å². The Hall–Kier alpha value is -0.530. The first-order chi connectivity index (χ1) is 7.55. The lowest BCUT2D eigenvalue weighted by molar-refractivity contribution is 0.0204. The quantitative estimate of drug-likeness (QED) is 0.846. The molecule has 1 aromatic rings. The van der Waals surface area contributed by atoms with Crippen LogP contribution >= 0.6 is 11.6 Å². The molecule has 0 heterocycles. The van der Waals surface area contributed by atoms with Crippen molar-refractivity contribution >= 4 is 11.6 Å². The van der Waals surface area contributed by atoms with Crippen molar-refractivity contribution in [2.24, 2.45) is 5.92 Å². The van der Waals surface area contributed by atoms with Crippen LogP contribution in [0, 0.1) is 5.92 Å². The summed E-state index contributed by atoms with van der Waals surface area (Å²) >= 11 is 5.84. The molecule has 0 spiro atoms. The Morgan fingerprint density at radius 1 is 1.31 bits per heavy atom. The van der Waals surface area contributed by atoms with Gasteiger partial charge in [-0.3, -0.25) is 0 Å². The highest BCUT2D eigenvalue weighted by molar-refractivity contribution is 6.30. The highest BCUT2D eigenvalue weighted by Gasteiger charge is 2.28. The van der Waals surface area contributed by atoms with Crippen LogP contribution in [-0.4, -0.2) is 10.7 Å². The Bertz CT molecular complexity index is 338. The minimum Gasteiger partial charge on any atom is -0.390 e. The molecule has 0 amide bonds. The normalized spacial score (nSPS) is 20.2. The van der Waals surface area contributed by atoms with Crippen molar-refractivity contribution in [1.29, 1.82) is 0 Å². The predicted molar refractivity (Wildman–Crippen MR) is 67.7 cm³/mol. The topological polar surface area (TPSA) is 20.2 Å². The Labute approximate surface area is 102 Å². The number of aliphatic hydroxyl groups is 1. The zero-order chi connectivity index (χ0) is 11.6. The van der Waals surface area contributed by atoms with Crippen LogP contribution in [0.3, 0.4) is 0 Å². The molecular formula is C14H19ClO. The molecular weight excluding hydrogens is 220 g/mol. The lowest BCUT2D eigenvalue weighted by Gasteiger charge is -2.33. The van der Waals surface area contributed by atoms with Gasteiger partial charge >= 0.3 is 0 Å². The number of halogens is 1. The molecule has 1 fully saturated rings. The lowest BCUT2D eigenvalue weighted by Crippen LogP contribution is -2.32. The van der Waals surface area contributed by atoms with Gasteiger partial charge in [0.2, 0.25) is 0 Å². The largest absolute Gasteiger partial charge is 0.390 e. The highest BCUT2D eigenvalue weighted by Crippen LogP contribution is 2.34. The molecule has 1 nitrogen and oxygen atoms in total. The van der Waals surface area contributed by atoms with Gasteiger partial charge in [0.25, 0.3) is 0 Å². The van der Waals surface area contributed by atoms with Crippen LogP contribution < -0.4 is 0 Å². The van der Waals surface area contributed by atoms with E-state index in [1.165, 1.54) is 19.3 Å². The van der Waals surface area contributed by atoms with E-state index in [9.17, 15) is 5.11 Å². The van der Waals surface area contributed by atoms with Crippen molar-refractivity contribution in [1.82, 2.24) is 0 Å². The maximum absolute atomic E-state index is 10.3. The third-order valence-corrected chi connectivity index (χ3v) is 3.70. The molecule has 2 heteroatoms. The van der Waals surface area contributed by atoms with Crippen LogP contribution in [-0.2, 0) is 6.42 Å². The lowest BCUT2D eigenvalue weighted by atomic mass is 9.76. The van der Waals surface area contributed by atoms with Gasteiger partial charge in [-0.05, 0) is 37.0 Å². The van der Waals surface area contributed by atoms with Gasteiger partial charge in [0, 0.05) is 11.4 Å². The second kappa shape index (κ2) is 4.77. The summed E-state index contributed by atoms with van der Waals surface area (Å²) in [6, 6.07) is 7.77. The van der Waals surface area contributed by atoms with Crippen molar-refractivity contribution in [2.75, 3.05) is 0 Å². The van der Waals surface area contributed by atoms with Crippen molar-refractivity contribution in [3.63, 3.8) is 0 Å². The Morgan fingerprint density at radius 2 is 1.94 bits per heavy atom. The minimum atomic E-state index is -0.571. The second-order valence-electron chi connectivity index (χ2n) is 5.30. The molecule has 1 N–H and O–H groups in total. The van der Waals surface area contributed by atoms with Crippen LogP contribution in [0.4, 0.5) is 0 Å². The first kappa shape index (κ1) is 11.9. The fourth-order valence-corrected chi connectivity index (χ4v) is 2.56. The molecule has 1 atom stereocenters. The van der Waals surface area contributed by atoms with E-state index in [1.807, 2.05) is 31.2 Å². The van der Waals surface area contributed by atoms with E-state index in [2.05, 4.69) is 0 Å². The fraction of sp³-hybridized carbons (Fsp3) is 0.571. The maximum atomic E-state index is 10.3. The van der Waals surface area contributed by atoms with Gasteiger partial charge in [0.15, 0.2) is 0 Å². The van der Waals surface area contributed by atoms with Crippen molar-refractivity contribution in [3.8, 4) is 0 Å². The van der Waals surface area contributed by atoms with Crippen LogP contribution in [0.25, 0.3) is 0 Å². The van der Waals surface area contributed by atoms with Gasteiger partial charge in [0.05, 0.1) is 5.60 Å². The van der Waals surface area contributed by atoms with Crippen LogP contribution in [0.2, 0.25) is 5.02 Å². The van der Waals surface area contributed by atoms with E-state index in [0.29, 0.717) is 0 Å². The number of benzene rings is 1. The third kappa shape index (κ3) is 3.23. The summed E-state index contributed by atoms with van der Waals surface area (Å²) in [5.74, 6) is 0.738. The average Bonchev–Trinajstić information content (AvgIpc) is 2.16. The van der Waals surface area contributed by atoms with Gasteiger partial charge in [-0.2, -0.15) is 0 Å². The van der Waals surface area contributed by atoms with Gasteiger partial charge < -0.3 is 5.11 Å². The SMILES string of the molecule is CC(O)(Cc1ccc(Cl)cc1)CC1CCC1. The molecule has 1 aliphatic rings. The van der Waals surface area contributed by atoms with Crippen LogP contribution in [0.5, 0.6) is 0 Å². The predicted octanol–water partition coefficient (Wildman–Crippen LogP) is 3.82. The second-order valence-corrected chi connectivity index (χ2v) is 5.74. The summed E-state index contributed by atoms with van der Waals surface area (Å²) in [6.45, 7) is 1.94. The zero-order valence-electron chi connectivity index (χ0n) is 9.75. The van der Waals surface area contributed by atoms with Crippen molar-refractivity contribution in [3.05, 3.63) is 34.9 Å². The van der Waals surface area contributed by atoms with Crippen molar-refractivity contribution in [2.45, 2.75) is 44.6 Å². The first-order valence-electron chi connectivity index (χ1n) is 6.02. The van der Waals surface area contributed by atoms with E-state index in [1.54, 1.807) is 0 Å². The van der Waals surface area contributed by atoms with E-state index < -0.39 is 5.60 Å². The van der Waals surface area contributed by atoms with E-state index >= 15 is 0 Å². The summed E-state index contributed by atoms with van der Waals surface area (Å²) < 4.78 is 0. The zero-order valence-corrected chi connectivity index (χ0v) is 10.5. The minimum absolute atomic E-state index is 0.571. The highest BCUT2D eigenvalue weighted by atomic mass is 35.5. The molecule has 1 aliphatic carbocycles. The van der Waals surface area contributed by atoms with Gasteiger partial charge in [-0.25, -0.2) is 0 Å². The molecule has 0 saturated heterocycles. The van der Waals surface area contributed by atoms with Gasteiger partial charge in [-0.1, -0.05) is 43.0 Å². The maximum Gasteiger partial charge on any atom is 0.0662 e. The summed E-state index contributed by atoms with van der Waals surface area (Å²) in [6.07, 6.45) is 5.56. The number of hydrogen-bond donors (Lipinski definition) is 1. The standard InChI is InChI=1S/C14H19ClO/c1-14(16,9-11-3-2-4-11)10-12-5-7-13(15)8-6-12/h5-8,11,16H,2-4,9-10H2,1H3. The summed E-state index contributed by atoms with van der Waals surface area (Å²) in [4.78, 5) is 0. The first-order valence-corrected chi connectivity index (χ1v) is 6.40. The van der Waals surface area contributed by atoms with E-state index in [0.717, 1.165) is 29.3 Å². The summed E-state index contributed by atoms with van der Waals surface area (Å²) in [5.41, 5.74) is 0.590. The molecule has 0 bridgehead atoms. The Kier molecular flexibility index (Phi) is 3.56. The molecule has 0 radical (unpaired) electrons. The van der Waals surface area contributed by atoms with Gasteiger partial charge in [0.1, 0.15) is 0 Å². The molecule has 1 unspecified atom stereocenters. The summed E-state index contributed by atoms with van der Waals surface area (Å²) in [5, 5.41) is 11.1. The Balaban J connectivity index is 1.93. The molecule has 1 aromatic carbocycles. The third-order valence-electron chi connectivity index (χ3n) is 3.45. The van der Waals surface area contributed by atoms with Crippen LogP contribution in [0.15, 0.2) is 24.3 Å². The molecule has 88 valence electrons. The smallest absolute Gasteiger partial charge is 0.0662 e. The number of rotatable bonds is 4.